The molecule has 8 heteroatoms. The standard InChI is InChI=1S/C13H13Br2N3O2S/c1-18(2)8-4-5-16-13(20-3)10(8)17-12(19)9-6-7(14)11(15)21-9/h4-6H,1-3H3,(H,17,19). The predicted octanol–water partition coefficient (Wildman–Crippen LogP) is 4.00. The molecule has 1 amide bonds. The van der Waals surface area contributed by atoms with Gasteiger partial charge in [-0.25, -0.2) is 4.98 Å². The smallest absolute Gasteiger partial charge is 0.266 e. The third-order valence-corrected chi connectivity index (χ3v) is 5.93. The van der Waals surface area contributed by atoms with Crippen molar-refractivity contribution in [2.24, 2.45) is 0 Å². The lowest BCUT2D eigenvalue weighted by Gasteiger charge is -2.19. The summed E-state index contributed by atoms with van der Waals surface area (Å²) in [5.41, 5.74) is 1.38. The van der Waals surface area contributed by atoms with E-state index in [0.717, 1.165) is 13.9 Å². The number of carbonyl (C=O) groups excluding carboxylic acids is 1. The Labute approximate surface area is 143 Å². The Morgan fingerprint density at radius 1 is 1.43 bits per heavy atom. The summed E-state index contributed by atoms with van der Waals surface area (Å²) in [6, 6.07) is 3.58. The first-order valence-corrected chi connectivity index (χ1v) is 8.30. The quantitative estimate of drug-likeness (QED) is 0.790. The number of rotatable bonds is 4. The maximum absolute atomic E-state index is 12.4. The van der Waals surface area contributed by atoms with Crippen LogP contribution in [0.25, 0.3) is 0 Å². The van der Waals surface area contributed by atoms with Crippen LogP contribution in [-0.2, 0) is 0 Å². The predicted molar refractivity (Wildman–Crippen MR) is 92.8 cm³/mol. The maximum Gasteiger partial charge on any atom is 0.266 e. The highest BCUT2D eigenvalue weighted by Crippen LogP contribution is 2.35. The number of carbonyl (C=O) groups is 1. The van der Waals surface area contributed by atoms with Gasteiger partial charge in [0.1, 0.15) is 5.69 Å². The molecule has 2 heterocycles. The fraction of sp³-hybridized carbons (Fsp3) is 0.231. The zero-order valence-corrected chi connectivity index (χ0v) is 15.6. The van der Waals surface area contributed by atoms with E-state index in [-0.39, 0.29) is 5.91 Å². The van der Waals surface area contributed by atoms with Gasteiger partial charge in [0.05, 0.1) is 21.5 Å². The second kappa shape index (κ2) is 6.76. The van der Waals surface area contributed by atoms with Gasteiger partial charge in [-0.15, -0.1) is 11.3 Å². The van der Waals surface area contributed by atoms with E-state index in [1.54, 1.807) is 12.3 Å². The number of amides is 1. The van der Waals surface area contributed by atoms with E-state index in [1.807, 2.05) is 25.1 Å². The van der Waals surface area contributed by atoms with Crippen molar-refractivity contribution in [2.45, 2.75) is 0 Å². The number of anilines is 2. The Kier molecular flexibility index (Phi) is 5.23. The summed E-state index contributed by atoms with van der Waals surface area (Å²) in [6.07, 6.45) is 1.64. The number of hydrogen-bond donors (Lipinski definition) is 1. The lowest BCUT2D eigenvalue weighted by atomic mass is 10.3. The Hall–Kier alpha value is -1.12. The van der Waals surface area contributed by atoms with Crippen LogP contribution < -0.4 is 15.0 Å². The number of hydrogen-bond acceptors (Lipinski definition) is 5. The van der Waals surface area contributed by atoms with E-state index in [9.17, 15) is 4.79 Å². The molecule has 0 atom stereocenters. The average molecular weight is 435 g/mol. The van der Waals surface area contributed by atoms with Crippen molar-refractivity contribution in [3.63, 3.8) is 0 Å². The highest BCUT2D eigenvalue weighted by atomic mass is 79.9. The summed E-state index contributed by atoms with van der Waals surface area (Å²) in [5, 5.41) is 2.87. The molecule has 0 saturated carbocycles. The highest BCUT2D eigenvalue weighted by molar-refractivity contribution is 9.13. The van der Waals surface area contributed by atoms with Gasteiger partial charge in [0.15, 0.2) is 0 Å². The molecule has 0 saturated heterocycles. The second-order valence-corrected chi connectivity index (χ2v) is 7.52. The molecule has 0 radical (unpaired) electrons. The third-order valence-electron chi connectivity index (χ3n) is 2.68. The van der Waals surface area contributed by atoms with Crippen LogP contribution in [0.3, 0.4) is 0 Å². The van der Waals surface area contributed by atoms with Gasteiger partial charge < -0.3 is 15.0 Å². The molecule has 2 rings (SSSR count). The van der Waals surface area contributed by atoms with Gasteiger partial charge in [0.2, 0.25) is 5.88 Å². The molecule has 5 nitrogen and oxygen atoms in total. The number of nitrogens with zero attached hydrogens (tertiary/aromatic N) is 2. The van der Waals surface area contributed by atoms with E-state index in [0.29, 0.717) is 16.4 Å². The average Bonchev–Trinajstić information content (AvgIpc) is 2.78. The van der Waals surface area contributed by atoms with Crippen LogP contribution in [0.15, 0.2) is 26.6 Å². The molecule has 0 aliphatic carbocycles. The molecule has 1 N–H and O–H groups in total. The minimum Gasteiger partial charge on any atom is -0.479 e. The zero-order chi connectivity index (χ0) is 15.6. The van der Waals surface area contributed by atoms with Crippen molar-refractivity contribution in [3.05, 3.63) is 31.5 Å². The summed E-state index contributed by atoms with van der Waals surface area (Å²) in [5.74, 6) is 0.171. The van der Waals surface area contributed by atoms with Gasteiger partial charge in [0, 0.05) is 24.8 Å². The number of pyridine rings is 1. The fourth-order valence-corrected chi connectivity index (χ4v) is 3.64. The van der Waals surface area contributed by atoms with Crippen molar-refractivity contribution in [2.75, 3.05) is 31.4 Å². The molecule has 21 heavy (non-hydrogen) atoms. The normalized spacial score (nSPS) is 10.3. The first kappa shape index (κ1) is 16.3. The van der Waals surface area contributed by atoms with Crippen LogP contribution in [0.5, 0.6) is 5.88 Å². The second-order valence-electron chi connectivity index (χ2n) is 4.30. The monoisotopic (exact) mass is 433 g/mol. The fourth-order valence-electron chi connectivity index (χ4n) is 1.71. The summed E-state index contributed by atoms with van der Waals surface area (Å²) < 4.78 is 6.96. The van der Waals surface area contributed by atoms with Gasteiger partial charge in [-0.3, -0.25) is 4.79 Å². The van der Waals surface area contributed by atoms with Crippen LogP contribution >= 0.6 is 43.2 Å². The molecule has 0 spiro atoms. The van der Waals surface area contributed by atoms with Crippen molar-refractivity contribution < 1.29 is 9.53 Å². The summed E-state index contributed by atoms with van der Waals surface area (Å²) in [7, 11) is 5.31. The minimum absolute atomic E-state index is 0.208. The molecule has 0 fully saturated rings. The maximum atomic E-state index is 12.4. The molecule has 0 aliphatic rings. The SMILES string of the molecule is COc1nccc(N(C)C)c1NC(=O)c1cc(Br)c(Br)s1. The molecular formula is C13H13Br2N3O2S. The molecule has 2 aromatic heterocycles. The van der Waals surface area contributed by atoms with Crippen LogP contribution in [-0.4, -0.2) is 32.1 Å². The number of aromatic nitrogens is 1. The number of halogens is 2. The number of ether oxygens (including phenoxy) is 1. The van der Waals surface area contributed by atoms with E-state index in [2.05, 4.69) is 42.2 Å². The largest absolute Gasteiger partial charge is 0.479 e. The summed E-state index contributed by atoms with van der Waals surface area (Å²) >= 11 is 8.11. The topological polar surface area (TPSA) is 54.5 Å². The summed E-state index contributed by atoms with van der Waals surface area (Å²) in [6.45, 7) is 0. The van der Waals surface area contributed by atoms with Crippen molar-refractivity contribution in [3.8, 4) is 5.88 Å². The first-order valence-electron chi connectivity index (χ1n) is 5.90. The molecule has 0 bridgehead atoms. The lowest BCUT2D eigenvalue weighted by molar-refractivity contribution is 0.103. The number of nitrogens with one attached hydrogen (secondary N) is 1. The third kappa shape index (κ3) is 3.56. The number of thiophene rings is 1. The first-order chi connectivity index (χ1) is 9.93. The molecule has 0 aromatic carbocycles. The van der Waals surface area contributed by atoms with E-state index in [4.69, 9.17) is 4.74 Å². The molecule has 0 aliphatic heterocycles. The van der Waals surface area contributed by atoms with E-state index >= 15 is 0 Å². The van der Waals surface area contributed by atoms with E-state index < -0.39 is 0 Å². The summed E-state index contributed by atoms with van der Waals surface area (Å²) in [4.78, 5) is 19.0. The highest BCUT2D eigenvalue weighted by Gasteiger charge is 2.18. The lowest BCUT2D eigenvalue weighted by Crippen LogP contribution is -2.17. The Morgan fingerprint density at radius 3 is 2.67 bits per heavy atom. The van der Waals surface area contributed by atoms with Crippen molar-refractivity contribution in [1.29, 1.82) is 0 Å². The van der Waals surface area contributed by atoms with Crippen LogP contribution in [0.1, 0.15) is 9.67 Å². The van der Waals surface area contributed by atoms with Crippen molar-refractivity contribution >= 4 is 60.5 Å². The van der Waals surface area contributed by atoms with Gasteiger partial charge >= 0.3 is 0 Å². The van der Waals surface area contributed by atoms with Gasteiger partial charge in [-0.1, -0.05) is 0 Å². The molecular weight excluding hydrogens is 422 g/mol. The molecule has 2 aromatic rings. The van der Waals surface area contributed by atoms with Gasteiger partial charge in [-0.2, -0.15) is 0 Å². The number of methoxy groups -OCH3 is 1. The minimum atomic E-state index is -0.208. The van der Waals surface area contributed by atoms with Crippen LogP contribution in [0.2, 0.25) is 0 Å². The van der Waals surface area contributed by atoms with Gasteiger partial charge in [0.25, 0.3) is 5.91 Å². The Bertz CT molecular complexity index is 654. The Morgan fingerprint density at radius 2 is 2.14 bits per heavy atom. The van der Waals surface area contributed by atoms with Gasteiger partial charge in [-0.05, 0) is 44.0 Å². The molecule has 112 valence electrons. The zero-order valence-electron chi connectivity index (χ0n) is 11.6. The van der Waals surface area contributed by atoms with Crippen LogP contribution in [0.4, 0.5) is 11.4 Å². The van der Waals surface area contributed by atoms with E-state index in [1.165, 1.54) is 18.4 Å². The van der Waals surface area contributed by atoms with Crippen molar-refractivity contribution in [1.82, 2.24) is 4.98 Å². The Balaban J connectivity index is 2.36. The van der Waals surface area contributed by atoms with Crippen LogP contribution in [0, 0.1) is 0 Å². The molecule has 0 unspecified atom stereocenters.